The zero-order valence-electron chi connectivity index (χ0n) is 17.8. The van der Waals surface area contributed by atoms with E-state index in [1.807, 2.05) is 24.3 Å². The van der Waals surface area contributed by atoms with Gasteiger partial charge in [0.1, 0.15) is 0 Å². The van der Waals surface area contributed by atoms with Crippen LogP contribution in [0.5, 0.6) is 0 Å². The maximum Gasteiger partial charge on any atom is 0.269 e. The smallest absolute Gasteiger partial charge is 0.269 e. The van der Waals surface area contributed by atoms with Crippen LogP contribution in [-0.2, 0) is 0 Å². The first kappa shape index (κ1) is 20.6. The predicted molar refractivity (Wildman–Crippen MR) is 126 cm³/mol. The van der Waals surface area contributed by atoms with E-state index in [1.54, 1.807) is 4.90 Å². The number of benzene rings is 3. The van der Waals surface area contributed by atoms with E-state index in [-0.39, 0.29) is 11.6 Å². The molecule has 4 aromatic rings. The summed E-state index contributed by atoms with van der Waals surface area (Å²) >= 11 is 0. The van der Waals surface area contributed by atoms with E-state index in [2.05, 4.69) is 45.4 Å². The molecule has 1 aliphatic heterocycles. The number of rotatable bonds is 4. The normalized spacial score (nSPS) is 13.8. The summed E-state index contributed by atoms with van der Waals surface area (Å²) in [5.41, 5.74) is 2.26. The van der Waals surface area contributed by atoms with Crippen molar-refractivity contribution < 1.29 is 9.72 Å². The number of aromatic nitrogens is 2. The van der Waals surface area contributed by atoms with Gasteiger partial charge in [-0.1, -0.05) is 36.4 Å². The number of hydrogen-bond donors (Lipinski definition) is 0. The van der Waals surface area contributed by atoms with E-state index in [0.29, 0.717) is 31.7 Å². The molecule has 0 bridgehead atoms. The van der Waals surface area contributed by atoms with E-state index < -0.39 is 4.92 Å². The molecule has 33 heavy (non-hydrogen) atoms. The molecule has 0 spiro atoms. The van der Waals surface area contributed by atoms with Gasteiger partial charge < -0.3 is 9.80 Å². The molecule has 8 heteroatoms. The first-order valence-corrected chi connectivity index (χ1v) is 10.7. The van der Waals surface area contributed by atoms with E-state index in [0.717, 1.165) is 22.5 Å². The maximum absolute atomic E-state index is 12.7. The van der Waals surface area contributed by atoms with Crippen LogP contribution >= 0.6 is 0 Å². The van der Waals surface area contributed by atoms with Crippen molar-refractivity contribution >= 4 is 28.2 Å². The van der Waals surface area contributed by atoms with Crippen LogP contribution in [-0.4, -0.2) is 52.1 Å². The largest absolute Gasteiger partial charge is 0.352 e. The fourth-order valence-electron chi connectivity index (χ4n) is 4.04. The van der Waals surface area contributed by atoms with Gasteiger partial charge in [-0.15, -0.1) is 10.2 Å². The molecule has 0 radical (unpaired) electrons. The van der Waals surface area contributed by atoms with Crippen LogP contribution in [0.3, 0.4) is 0 Å². The van der Waals surface area contributed by atoms with Crippen LogP contribution in [0.2, 0.25) is 0 Å². The van der Waals surface area contributed by atoms with Gasteiger partial charge in [0.15, 0.2) is 5.82 Å². The van der Waals surface area contributed by atoms with Gasteiger partial charge in [0, 0.05) is 49.4 Å². The first-order valence-electron chi connectivity index (χ1n) is 10.7. The fraction of sp³-hybridized carbons (Fsp3) is 0.160. The van der Waals surface area contributed by atoms with Crippen LogP contribution in [0.1, 0.15) is 10.4 Å². The van der Waals surface area contributed by atoms with Gasteiger partial charge in [0.2, 0.25) is 0 Å². The third-order valence-electron chi connectivity index (χ3n) is 5.91. The van der Waals surface area contributed by atoms with Crippen molar-refractivity contribution in [1.82, 2.24) is 15.1 Å². The molecule has 2 heterocycles. The van der Waals surface area contributed by atoms with Crippen LogP contribution in [0.15, 0.2) is 78.9 Å². The second-order valence-electron chi connectivity index (χ2n) is 7.92. The number of carbonyl (C=O) groups is 1. The van der Waals surface area contributed by atoms with Gasteiger partial charge in [-0.3, -0.25) is 14.9 Å². The third-order valence-corrected chi connectivity index (χ3v) is 5.91. The minimum Gasteiger partial charge on any atom is -0.352 e. The molecule has 0 atom stereocenters. The van der Waals surface area contributed by atoms with E-state index in [9.17, 15) is 14.9 Å². The molecule has 0 N–H and O–H groups in total. The number of piperazine rings is 1. The van der Waals surface area contributed by atoms with Crippen LogP contribution in [0, 0.1) is 10.1 Å². The highest BCUT2D eigenvalue weighted by atomic mass is 16.6. The first-order chi connectivity index (χ1) is 16.1. The standard InChI is InChI=1S/C25H21N5O3/c31-25(19-7-9-22(10-8-19)30(32)33)29-15-13-28(14-16-29)24-12-11-23(26-27-24)21-6-5-18-3-1-2-4-20(18)17-21/h1-12,17H,13-16H2. The summed E-state index contributed by atoms with van der Waals surface area (Å²) in [6.07, 6.45) is 0. The van der Waals surface area contributed by atoms with E-state index in [4.69, 9.17) is 0 Å². The molecule has 5 rings (SSSR count). The molecule has 8 nitrogen and oxygen atoms in total. The van der Waals surface area contributed by atoms with Gasteiger partial charge in [0.05, 0.1) is 10.6 Å². The summed E-state index contributed by atoms with van der Waals surface area (Å²) in [7, 11) is 0. The SMILES string of the molecule is O=C(c1ccc([N+](=O)[O-])cc1)N1CCN(c2ccc(-c3ccc4ccccc4c3)nn2)CC1. The number of hydrogen-bond acceptors (Lipinski definition) is 6. The summed E-state index contributed by atoms with van der Waals surface area (Å²) in [5, 5.41) is 22.0. The number of fused-ring (bicyclic) bond motifs is 1. The molecular weight excluding hydrogens is 418 g/mol. The van der Waals surface area contributed by atoms with Gasteiger partial charge in [-0.2, -0.15) is 0 Å². The van der Waals surface area contributed by atoms with Crippen molar-refractivity contribution in [2.75, 3.05) is 31.1 Å². The summed E-state index contributed by atoms with van der Waals surface area (Å²) < 4.78 is 0. The summed E-state index contributed by atoms with van der Waals surface area (Å²) in [4.78, 5) is 26.9. The lowest BCUT2D eigenvalue weighted by atomic mass is 10.1. The zero-order chi connectivity index (χ0) is 22.8. The second-order valence-corrected chi connectivity index (χ2v) is 7.92. The Hall–Kier alpha value is -4.33. The van der Waals surface area contributed by atoms with E-state index >= 15 is 0 Å². The number of amides is 1. The van der Waals surface area contributed by atoms with Gasteiger partial charge in [0.25, 0.3) is 11.6 Å². The van der Waals surface area contributed by atoms with Crippen LogP contribution < -0.4 is 4.90 Å². The average molecular weight is 439 g/mol. The predicted octanol–water partition coefficient (Wildman–Crippen LogP) is 4.17. The number of nitro benzene ring substituents is 1. The number of anilines is 1. The molecule has 1 amide bonds. The van der Waals surface area contributed by atoms with Crippen molar-refractivity contribution in [1.29, 1.82) is 0 Å². The summed E-state index contributed by atoms with van der Waals surface area (Å²) in [5.74, 6) is 0.657. The van der Waals surface area contributed by atoms with Gasteiger partial charge in [-0.25, -0.2) is 0 Å². The lowest BCUT2D eigenvalue weighted by Gasteiger charge is -2.35. The Bertz CT molecular complexity index is 1310. The Kier molecular flexibility index (Phi) is 5.40. The minimum atomic E-state index is -0.473. The maximum atomic E-state index is 12.7. The van der Waals surface area contributed by atoms with Crippen molar-refractivity contribution in [2.24, 2.45) is 0 Å². The second kappa shape index (κ2) is 8.66. The molecule has 0 unspecified atom stereocenters. The number of non-ortho nitro benzene ring substituents is 1. The van der Waals surface area contributed by atoms with Gasteiger partial charge >= 0.3 is 0 Å². The highest BCUT2D eigenvalue weighted by Gasteiger charge is 2.23. The van der Waals surface area contributed by atoms with Crippen molar-refractivity contribution in [3.05, 3.63) is 94.5 Å². The Morgan fingerprint density at radius 2 is 1.55 bits per heavy atom. The molecule has 1 saturated heterocycles. The van der Waals surface area contributed by atoms with Crippen molar-refractivity contribution in [3.63, 3.8) is 0 Å². The highest BCUT2D eigenvalue weighted by Crippen LogP contribution is 2.24. The zero-order valence-corrected chi connectivity index (χ0v) is 17.8. The number of nitro groups is 1. The summed E-state index contributed by atoms with van der Waals surface area (Å²) in [6.45, 7) is 2.37. The van der Waals surface area contributed by atoms with Crippen molar-refractivity contribution in [3.8, 4) is 11.3 Å². The highest BCUT2D eigenvalue weighted by molar-refractivity contribution is 5.94. The van der Waals surface area contributed by atoms with Crippen LogP contribution in [0.25, 0.3) is 22.0 Å². The quantitative estimate of drug-likeness (QED) is 0.350. The minimum absolute atomic E-state index is 0.0259. The topological polar surface area (TPSA) is 92.5 Å². The van der Waals surface area contributed by atoms with Gasteiger partial charge in [-0.05, 0) is 41.1 Å². The van der Waals surface area contributed by atoms with Crippen LogP contribution in [0.4, 0.5) is 11.5 Å². The number of nitrogens with zero attached hydrogens (tertiary/aromatic N) is 5. The molecule has 1 aliphatic rings. The van der Waals surface area contributed by atoms with Crippen molar-refractivity contribution in [2.45, 2.75) is 0 Å². The molecule has 1 fully saturated rings. The monoisotopic (exact) mass is 439 g/mol. The lowest BCUT2D eigenvalue weighted by Crippen LogP contribution is -2.49. The summed E-state index contributed by atoms with van der Waals surface area (Å²) in [6, 6.07) is 24.1. The Balaban J connectivity index is 1.23. The molecule has 0 saturated carbocycles. The molecular formula is C25H21N5O3. The Morgan fingerprint density at radius 1 is 0.818 bits per heavy atom. The Labute approximate surface area is 190 Å². The average Bonchev–Trinajstić information content (AvgIpc) is 2.88. The van der Waals surface area contributed by atoms with E-state index in [1.165, 1.54) is 29.7 Å². The lowest BCUT2D eigenvalue weighted by molar-refractivity contribution is -0.384. The molecule has 1 aromatic heterocycles. The third kappa shape index (κ3) is 4.23. The Morgan fingerprint density at radius 3 is 2.21 bits per heavy atom. The molecule has 0 aliphatic carbocycles. The number of carbonyl (C=O) groups excluding carboxylic acids is 1. The fourth-order valence-corrected chi connectivity index (χ4v) is 4.04. The molecule has 3 aromatic carbocycles. The molecule has 164 valence electrons.